The first-order valence-corrected chi connectivity index (χ1v) is 5.19. The van der Waals surface area contributed by atoms with E-state index in [2.05, 4.69) is 46.5 Å². The van der Waals surface area contributed by atoms with Gasteiger partial charge in [-0.3, -0.25) is 4.99 Å². The fourth-order valence-corrected chi connectivity index (χ4v) is 1.11. The molecule has 0 aliphatic carbocycles. The van der Waals surface area contributed by atoms with E-state index in [9.17, 15) is 0 Å². The Kier molecular flexibility index (Phi) is 3.87. The second kappa shape index (κ2) is 4.96. The summed E-state index contributed by atoms with van der Waals surface area (Å²) in [5, 5.41) is 10.0. The van der Waals surface area contributed by atoms with Gasteiger partial charge in [-0.1, -0.05) is 5.16 Å². The Morgan fingerprint density at radius 3 is 2.56 bits per heavy atom. The molecule has 1 heterocycles. The maximum absolute atomic E-state index is 4.98. The number of aromatic nitrogens is 2. The van der Waals surface area contributed by atoms with Crippen molar-refractivity contribution in [3.8, 4) is 0 Å². The lowest BCUT2D eigenvalue weighted by molar-refractivity contribution is 0.370. The number of rotatable bonds is 2. The van der Waals surface area contributed by atoms with Crippen molar-refractivity contribution in [1.29, 1.82) is 0 Å². The van der Waals surface area contributed by atoms with Crippen LogP contribution in [0, 0.1) is 6.92 Å². The molecule has 0 fully saturated rings. The normalized spacial score (nSPS) is 12.7. The first kappa shape index (κ1) is 12.5. The Balaban J connectivity index is 2.47. The molecule has 0 amide bonds. The summed E-state index contributed by atoms with van der Waals surface area (Å²) in [7, 11) is 1.72. The number of nitrogens with zero attached hydrogens (tertiary/aromatic N) is 3. The number of hydrogen-bond donors (Lipinski definition) is 2. The van der Waals surface area contributed by atoms with E-state index < -0.39 is 0 Å². The van der Waals surface area contributed by atoms with Crippen molar-refractivity contribution in [3.63, 3.8) is 0 Å². The molecule has 0 saturated carbocycles. The van der Waals surface area contributed by atoms with Crippen molar-refractivity contribution in [2.24, 2.45) is 4.99 Å². The highest BCUT2D eigenvalue weighted by Crippen LogP contribution is 1.99. The van der Waals surface area contributed by atoms with E-state index in [1.807, 2.05) is 0 Å². The third-order valence-electron chi connectivity index (χ3n) is 1.69. The summed E-state index contributed by atoms with van der Waals surface area (Å²) < 4.78 is 4.98. The van der Waals surface area contributed by atoms with Crippen LogP contribution in [0.1, 0.15) is 32.5 Å². The Morgan fingerprint density at radius 2 is 2.12 bits per heavy atom. The number of aryl methyl sites for hydroxylation is 1. The largest absolute Gasteiger partial charge is 0.352 e. The third kappa shape index (κ3) is 4.29. The zero-order chi connectivity index (χ0) is 12.2. The summed E-state index contributed by atoms with van der Waals surface area (Å²) in [6.07, 6.45) is 0. The average Bonchev–Trinajstić information content (AvgIpc) is 2.57. The van der Waals surface area contributed by atoms with Gasteiger partial charge in [-0.25, -0.2) is 0 Å². The summed E-state index contributed by atoms with van der Waals surface area (Å²) in [5.74, 6) is 1.90. The van der Waals surface area contributed by atoms with Crippen LogP contribution in [-0.4, -0.2) is 28.7 Å². The van der Waals surface area contributed by atoms with Gasteiger partial charge in [-0.2, -0.15) is 4.98 Å². The summed E-state index contributed by atoms with van der Waals surface area (Å²) in [5.41, 5.74) is -0.0351. The van der Waals surface area contributed by atoms with Gasteiger partial charge in [0.05, 0.1) is 6.54 Å². The lowest BCUT2D eigenvalue weighted by Gasteiger charge is -2.23. The molecule has 0 saturated heterocycles. The molecule has 1 rings (SSSR count). The molecule has 0 aliphatic rings. The Morgan fingerprint density at radius 1 is 1.44 bits per heavy atom. The molecule has 0 radical (unpaired) electrons. The summed E-state index contributed by atoms with van der Waals surface area (Å²) in [6.45, 7) is 8.45. The van der Waals surface area contributed by atoms with Gasteiger partial charge in [-0.15, -0.1) is 0 Å². The van der Waals surface area contributed by atoms with Gasteiger partial charge in [0.15, 0.2) is 11.8 Å². The summed E-state index contributed by atoms with van der Waals surface area (Å²) in [4.78, 5) is 8.19. The number of nitrogens with one attached hydrogen (secondary N) is 2. The van der Waals surface area contributed by atoms with Crippen LogP contribution in [0.3, 0.4) is 0 Å². The minimum atomic E-state index is -0.0351. The highest BCUT2D eigenvalue weighted by Gasteiger charge is 2.12. The van der Waals surface area contributed by atoms with Crippen LogP contribution in [0.15, 0.2) is 9.52 Å². The molecule has 2 N–H and O–H groups in total. The molecule has 1 aromatic rings. The molecule has 90 valence electrons. The van der Waals surface area contributed by atoms with Gasteiger partial charge in [0.2, 0.25) is 5.89 Å². The summed E-state index contributed by atoms with van der Waals surface area (Å²) in [6, 6.07) is 0. The molecule has 0 aromatic carbocycles. The van der Waals surface area contributed by atoms with Crippen molar-refractivity contribution in [3.05, 3.63) is 11.7 Å². The van der Waals surface area contributed by atoms with Crippen LogP contribution >= 0.6 is 0 Å². The molecule has 16 heavy (non-hydrogen) atoms. The van der Waals surface area contributed by atoms with Gasteiger partial charge >= 0.3 is 0 Å². The maximum Gasteiger partial charge on any atom is 0.246 e. The lowest BCUT2D eigenvalue weighted by Crippen LogP contribution is -2.47. The number of guanidine groups is 1. The third-order valence-corrected chi connectivity index (χ3v) is 1.69. The van der Waals surface area contributed by atoms with E-state index in [0.29, 0.717) is 24.2 Å². The van der Waals surface area contributed by atoms with Gasteiger partial charge in [-0.05, 0) is 27.7 Å². The highest BCUT2D eigenvalue weighted by atomic mass is 16.5. The van der Waals surface area contributed by atoms with Crippen molar-refractivity contribution < 1.29 is 4.52 Å². The Bertz CT molecular complexity index is 364. The SMILES string of the molecule is CN=C(NCc1nc(C)no1)NC(C)(C)C. The van der Waals surface area contributed by atoms with Crippen molar-refractivity contribution in [2.75, 3.05) is 7.05 Å². The number of aliphatic imine (C=N–C) groups is 1. The first-order chi connectivity index (χ1) is 7.40. The second-order valence-electron chi connectivity index (χ2n) is 4.54. The van der Waals surface area contributed by atoms with Crippen LogP contribution in [0.5, 0.6) is 0 Å². The van der Waals surface area contributed by atoms with Crippen LogP contribution in [0.4, 0.5) is 0 Å². The quantitative estimate of drug-likeness (QED) is 0.576. The van der Waals surface area contributed by atoms with Gasteiger partial charge in [0, 0.05) is 12.6 Å². The topological polar surface area (TPSA) is 75.3 Å². The van der Waals surface area contributed by atoms with Gasteiger partial charge in [0.25, 0.3) is 0 Å². The molecule has 0 spiro atoms. The Labute approximate surface area is 95.5 Å². The molecule has 0 bridgehead atoms. The molecular formula is C10H19N5O. The van der Waals surface area contributed by atoms with E-state index >= 15 is 0 Å². The van der Waals surface area contributed by atoms with Crippen molar-refractivity contribution in [1.82, 2.24) is 20.8 Å². The van der Waals surface area contributed by atoms with Crippen LogP contribution in [0.25, 0.3) is 0 Å². The molecule has 6 heteroatoms. The minimum Gasteiger partial charge on any atom is -0.352 e. The zero-order valence-corrected chi connectivity index (χ0v) is 10.5. The van der Waals surface area contributed by atoms with Gasteiger partial charge in [0.1, 0.15) is 0 Å². The van der Waals surface area contributed by atoms with E-state index in [1.165, 1.54) is 0 Å². The minimum absolute atomic E-state index is 0.0351. The van der Waals surface area contributed by atoms with E-state index in [0.717, 1.165) is 0 Å². The fourth-order valence-electron chi connectivity index (χ4n) is 1.11. The first-order valence-electron chi connectivity index (χ1n) is 5.19. The second-order valence-corrected chi connectivity index (χ2v) is 4.54. The predicted molar refractivity (Wildman–Crippen MR) is 62.1 cm³/mol. The van der Waals surface area contributed by atoms with Crippen molar-refractivity contribution in [2.45, 2.75) is 39.8 Å². The lowest BCUT2D eigenvalue weighted by atomic mass is 10.1. The van der Waals surface area contributed by atoms with E-state index in [-0.39, 0.29) is 5.54 Å². The monoisotopic (exact) mass is 225 g/mol. The standard InChI is InChI=1S/C10H19N5O/c1-7-13-8(16-15-7)6-12-9(11-5)14-10(2,3)4/h6H2,1-5H3,(H2,11,12,14). The van der Waals surface area contributed by atoms with Crippen molar-refractivity contribution >= 4 is 5.96 Å². The predicted octanol–water partition coefficient (Wildman–Crippen LogP) is 0.842. The molecular weight excluding hydrogens is 206 g/mol. The molecule has 6 nitrogen and oxygen atoms in total. The smallest absolute Gasteiger partial charge is 0.246 e. The fraction of sp³-hybridized carbons (Fsp3) is 0.700. The maximum atomic E-state index is 4.98. The van der Waals surface area contributed by atoms with Crippen LogP contribution in [0.2, 0.25) is 0 Å². The van der Waals surface area contributed by atoms with Crippen LogP contribution in [-0.2, 0) is 6.54 Å². The molecule has 1 aromatic heterocycles. The molecule has 0 atom stereocenters. The Hall–Kier alpha value is -1.59. The van der Waals surface area contributed by atoms with Gasteiger partial charge < -0.3 is 15.2 Å². The highest BCUT2D eigenvalue weighted by molar-refractivity contribution is 5.80. The van der Waals surface area contributed by atoms with E-state index in [4.69, 9.17) is 4.52 Å². The van der Waals surface area contributed by atoms with E-state index in [1.54, 1.807) is 14.0 Å². The molecule has 0 unspecified atom stereocenters. The average molecular weight is 225 g/mol. The van der Waals surface area contributed by atoms with Crippen LogP contribution < -0.4 is 10.6 Å². The zero-order valence-electron chi connectivity index (χ0n) is 10.5. The number of hydrogen-bond acceptors (Lipinski definition) is 4. The molecule has 0 aliphatic heterocycles. The summed E-state index contributed by atoms with van der Waals surface area (Å²) >= 11 is 0.